The summed E-state index contributed by atoms with van der Waals surface area (Å²) >= 11 is 0. The number of rotatable bonds is 2. The van der Waals surface area contributed by atoms with Gasteiger partial charge in [-0.25, -0.2) is 9.97 Å². The summed E-state index contributed by atoms with van der Waals surface area (Å²) in [6.07, 6.45) is 1.88. The quantitative estimate of drug-likeness (QED) is 0.741. The van der Waals surface area contributed by atoms with Crippen molar-refractivity contribution in [2.45, 2.75) is 13.8 Å². The van der Waals surface area contributed by atoms with E-state index in [1.807, 2.05) is 20.0 Å². The van der Waals surface area contributed by atoms with Crippen LogP contribution in [0.2, 0.25) is 0 Å². The molecule has 4 nitrogen and oxygen atoms in total. The van der Waals surface area contributed by atoms with Crippen molar-refractivity contribution in [2.24, 2.45) is 11.7 Å². The van der Waals surface area contributed by atoms with Gasteiger partial charge in [-0.05, 0) is 26.0 Å². The minimum absolute atomic E-state index is 0.625. The van der Waals surface area contributed by atoms with Crippen LogP contribution in [0.4, 0.5) is 5.95 Å². The zero-order valence-electron chi connectivity index (χ0n) is 8.70. The number of nitrogens with two attached hydrogens (primary N) is 1. The molecule has 0 spiro atoms. The predicted molar refractivity (Wildman–Crippen MR) is 56.3 cm³/mol. The Hall–Kier alpha value is -1.16. The molecule has 1 aliphatic heterocycles. The van der Waals surface area contributed by atoms with Gasteiger partial charge in [0.25, 0.3) is 0 Å². The molecule has 1 aliphatic rings. The Labute approximate surface area is 84.2 Å². The van der Waals surface area contributed by atoms with E-state index in [9.17, 15) is 0 Å². The summed E-state index contributed by atoms with van der Waals surface area (Å²) in [5, 5.41) is 0. The van der Waals surface area contributed by atoms with Crippen LogP contribution in [-0.4, -0.2) is 29.6 Å². The van der Waals surface area contributed by atoms with Crippen LogP contribution in [0.25, 0.3) is 0 Å². The smallest absolute Gasteiger partial charge is 0.225 e. The molecule has 0 bridgehead atoms. The molecule has 0 unspecified atom stereocenters. The molecule has 0 amide bonds. The topological polar surface area (TPSA) is 55.0 Å². The first kappa shape index (κ1) is 9.40. The van der Waals surface area contributed by atoms with Crippen molar-refractivity contribution in [1.82, 2.24) is 9.97 Å². The molecular formula is C10H16N4. The second-order valence-corrected chi connectivity index (χ2v) is 3.95. The Balaban J connectivity index is 2.08. The molecule has 4 heteroatoms. The van der Waals surface area contributed by atoms with Crippen molar-refractivity contribution >= 4 is 5.95 Å². The van der Waals surface area contributed by atoms with Gasteiger partial charge < -0.3 is 10.6 Å². The lowest BCUT2D eigenvalue weighted by Crippen LogP contribution is -2.50. The second-order valence-electron chi connectivity index (χ2n) is 3.95. The molecule has 0 atom stereocenters. The fourth-order valence-electron chi connectivity index (χ4n) is 1.55. The third kappa shape index (κ3) is 1.57. The maximum atomic E-state index is 5.56. The molecule has 1 aromatic heterocycles. The Morgan fingerprint density at radius 1 is 1.50 bits per heavy atom. The van der Waals surface area contributed by atoms with Crippen molar-refractivity contribution in [3.05, 3.63) is 17.5 Å². The lowest BCUT2D eigenvalue weighted by Gasteiger charge is -2.38. The Kier molecular flexibility index (Phi) is 2.37. The maximum Gasteiger partial charge on any atom is 0.225 e. The highest BCUT2D eigenvalue weighted by molar-refractivity contribution is 5.36. The summed E-state index contributed by atoms with van der Waals surface area (Å²) in [4.78, 5) is 10.9. The van der Waals surface area contributed by atoms with E-state index in [2.05, 4.69) is 14.9 Å². The molecule has 2 rings (SSSR count). The van der Waals surface area contributed by atoms with Crippen LogP contribution in [0.1, 0.15) is 11.3 Å². The molecule has 1 saturated heterocycles. The van der Waals surface area contributed by atoms with Crippen LogP contribution in [0.3, 0.4) is 0 Å². The molecule has 76 valence electrons. The highest BCUT2D eigenvalue weighted by Gasteiger charge is 2.27. The number of aromatic nitrogens is 2. The highest BCUT2D eigenvalue weighted by Crippen LogP contribution is 2.20. The molecule has 2 heterocycles. The summed E-state index contributed by atoms with van der Waals surface area (Å²) in [5.41, 5.74) is 7.77. The zero-order chi connectivity index (χ0) is 10.1. The van der Waals surface area contributed by atoms with Crippen LogP contribution < -0.4 is 10.6 Å². The maximum absolute atomic E-state index is 5.56. The summed E-state index contributed by atoms with van der Waals surface area (Å²) in [6, 6.07) is 0. The normalized spacial score (nSPS) is 16.9. The van der Waals surface area contributed by atoms with Gasteiger partial charge in [-0.3, -0.25) is 0 Å². The molecule has 1 aromatic rings. The van der Waals surface area contributed by atoms with E-state index in [0.717, 1.165) is 36.8 Å². The van der Waals surface area contributed by atoms with E-state index in [-0.39, 0.29) is 0 Å². The van der Waals surface area contributed by atoms with Gasteiger partial charge in [0.1, 0.15) is 0 Å². The third-order valence-corrected chi connectivity index (χ3v) is 2.79. The Morgan fingerprint density at radius 3 is 2.79 bits per heavy atom. The summed E-state index contributed by atoms with van der Waals surface area (Å²) in [7, 11) is 0. The first-order valence-electron chi connectivity index (χ1n) is 4.96. The van der Waals surface area contributed by atoms with Crippen molar-refractivity contribution in [2.75, 3.05) is 24.5 Å². The predicted octanol–water partition coefficient (Wildman–Crippen LogP) is 0.488. The summed E-state index contributed by atoms with van der Waals surface area (Å²) in [5.74, 6) is 1.47. The number of aryl methyl sites for hydroxylation is 2. The Bertz CT molecular complexity index is 331. The van der Waals surface area contributed by atoms with E-state index in [1.54, 1.807) is 0 Å². The third-order valence-electron chi connectivity index (χ3n) is 2.79. The first-order valence-corrected chi connectivity index (χ1v) is 4.96. The van der Waals surface area contributed by atoms with Crippen molar-refractivity contribution in [1.29, 1.82) is 0 Å². The lowest BCUT2D eigenvalue weighted by molar-refractivity contribution is 0.413. The van der Waals surface area contributed by atoms with E-state index in [4.69, 9.17) is 5.73 Å². The van der Waals surface area contributed by atoms with Gasteiger partial charge in [0.15, 0.2) is 0 Å². The van der Waals surface area contributed by atoms with E-state index >= 15 is 0 Å². The van der Waals surface area contributed by atoms with Crippen molar-refractivity contribution < 1.29 is 0 Å². The van der Waals surface area contributed by atoms with E-state index in [1.165, 1.54) is 0 Å². The van der Waals surface area contributed by atoms with Crippen molar-refractivity contribution in [3.8, 4) is 0 Å². The monoisotopic (exact) mass is 192 g/mol. The zero-order valence-corrected chi connectivity index (χ0v) is 8.70. The van der Waals surface area contributed by atoms with E-state index in [0.29, 0.717) is 5.92 Å². The van der Waals surface area contributed by atoms with E-state index < -0.39 is 0 Å². The van der Waals surface area contributed by atoms with Crippen molar-refractivity contribution in [3.63, 3.8) is 0 Å². The van der Waals surface area contributed by atoms with Gasteiger partial charge in [-0.15, -0.1) is 0 Å². The molecule has 14 heavy (non-hydrogen) atoms. The van der Waals surface area contributed by atoms with Gasteiger partial charge in [0.2, 0.25) is 5.95 Å². The summed E-state index contributed by atoms with van der Waals surface area (Å²) < 4.78 is 0. The van der Waals surface area contributed by atoms with Gasteiger partial charge in [-0.2, -0.15) is 0 Å². The average Bonchev–Trinajstić information content (AvgIpc) is 2.09. The minimum Gasteiger partial charge on any atom is -0.340 e. The number of nitrogens with zero attached hydrogens (tertiary/aromatic N) is 3. The fraction of sp³-hybridized carbons (Fsp3) is 0.600. The lowest BCUT2D eigenvalue weighted by atomic mass is 10.0. The SMILES string of the molecule is Cc1cnc(N2CC(CN)C2)nc1C. The minimum atomic E-state index is 0.625. The molecule has 0 saturated carbocycles. The van der Waals surface area contributed by atoms with Crippen LogP contribution in [-0.2, 0) is 0 Å². The summed E-state index contributed by atoms with van der Waals surface area (Å²) in [6.45, 7) is 6.80. The molecule has 0 aromatic carbocycles. The Morgan fingerprint density at radius 2 is 2.21 bits per heavy atom. The van der Waals surface area contributed by atoms with Gasteiger partial charge in [0.05, 0.1) is 0 Å². The number of hydrogen-bond acceptors (Lipinski definition) is 4. The fourth-order valence-corrected chi connectivity index (χ4v) is 1.55. The molecule has 2 N–H and O–H groups in total. The number of anilines is 1. The first-order chi connectivity index (χ1) is 6.70. The standard InChI is InChI=1S/C10H16N4/c1-7-4-12-10(13-8(7)2)14-5-9(3-11)6-14/h4,9H,3,5-6,11H2,1-2H3. The second kappa shape index (κ2) is 3.53. The number of hydrogen-bond donors (Lipinski definition) is 1. The van der Waals surface area contributed by atoms with Gasteiger partial charge >= 0.3 is 0 Å². The van der Waals surface area contributed by atoms with Gasteiger partial charge in [0, 0.05) is 30.9 Å². The molecule has 0 aliphatic carbocycles. The average molecular weight is 192 g/mol. The van der Waals surface area contributed by atoms with Crippen LogP contribution in [0.5, 0.6) is 0 Å². The van der Waals surface area contributed by atoms with Crippen LogP contribution in [0.15, 0.2) is 6.20 Å². The molecule has 0 radical (unpaired) electrons. The molecule has 1 fully saturated rings. The van der Waals surface area contributed by atoms with Crippen LogP contribution >= 0.6 is 0 Å². The van der Waals surface area contributed by atoms with Gasteiger partial charge in [-0.1, -0.05) is 0 Å². The molecular weight excluding hydrogens is 176 g/mol. The van der Waals surface area contributed by atoms with Crippen LogP contribution in [0, 0.1) is 19.8 Å². The highest BCUT2D eigenvalue weighted by atomic mass is 15.3. The largest absolute Gasteiger partial charge is 0.340 e.